The van der Waals surface area contributed by atoms with Gasteiger partial charge in [0, 0.05) is 5.54 Å². The zero-order valence-electron chi connectivity index (χ0n) is 11.6. The van der Waals surface area contributed by atoms with Gasteiger partial charge in [0.25, 0.3) is 0 Å². The molecule has 0 radical (unpaired) electrons. The number of hydrogen-bond acceptors (Lipinski definition) is 2. The number of aliphatic hydroxyl groups excluding tert-OH is 1. The topological polar surface area (TPSA) is 23.5 Å². The van der Waals surface area contributed by atoms with E-state index in [1.807, 2.05) is 6.08 Å². The molecule has 0 aromatic rings. The SMILES string of the molecule is C=CCCCC(O)C1(N(C)C)CCCCCC1. The Morgan fingerprint density at radius 1 is 1.24 bits per heavy atom. The maximum atomic E-state index is 10.6. The highest BCUT2D eigenvalue weighted by Crippen LogP contribution is 2.35. The van der Waals surface area contributed by atoms with Crippen molar-refractivity contribution in [3.8, 4) is 0 Å². The van der Waals surface area contributed by atoms with Crippen LogP contribution in [0.3, 0.4) is 0 Å². The molecule has 1 fully saturated rings. The Kier molecular flexibility index (Phi) is 6.21. The fourth-order valence-corrected chi connectivity index (χ4v) is 3.14. The first-order valence-corrected chi connectivity index (χ1v) is 7.10. The molecule has 2 heteroatoms. The van der Waals surface area contributed by atoms with Crippen molar-refractivity contribution in [1.82, 2.24) is 4.90 Å². The minimum Gasteiger partial charge on any atom is -0.391 e. The van der Waals surface area contributed by atoms with Gasteiger partial charge in [0.1, 0.15) is 0 Å². The van der Waals surface area contributed by atoms with Crippen molar-refractivity contribution >= 4 is 0 Å². The smallest absolute Gasteiger partial charge is 0.0723 e. The molecule has 0 aromatic carbocycles. The third-order valence-corrected chi connectivity index (χ3v) is 4.37. The average Bonchev–Trinajstić information content (AvgIpc) is 2.55. The van der Waals surface area contributed by atoms with Gasteiger partial charge in [-0.05, 0) is 46.2 Å². The molecule has 1 unspecified atom stereocenters. The minimum absolute atomic E-state index is 0.0255. The lowest BCUT2D eigenvalue weighted by Crippen LogP contribution is -2.53. The van der Waals surface area contributed by atoms with Gasteiger partial charge >= 0.3 is 0 Å². The molecule has 17 heavy (non-hydrogen) atoms. The molecule has 100 valence electrons. The van der Waals surface area contributed by atoms with Gasteiger partial charge < -0.3 is 10.0 Å². The number of rotatable bonds is 6. The summed E-state index contributed by atoms with van der Waals surface area (Å²) in [6, 6.07) is 0. The summed E-state index contributed by atoms with van der Waals surface area (Å²) in [7, 11) is 4.25. The van der Waals surface area contributed by atoms with Gasteiger partial charge in [0.05, 0.1) is 6.10 Å². The zero-order valence-corrected chi connectivity index (χ0v) is 11.6. The number of likely N-dealkylation sites (N-methyl/N-ethyl adjacent to an activating group) is 1. The molecule has 1 N–H and O–H groups in total. The molecular formula is C15H29NO. The molecule has 0 amide bonds. The lowest BCUT2D eigenvalue weighted by Gasteiger charge is -2.43. The summed E-state index contributed by atoms with van der Waals surface area (Å²) in [5, 5.41) is 10.6. The summed E-state index contributed by atoms with van der Waals surface area (Å²) in [4.78, 5) is 2.27. The van der Waals surface area contributed by atoms with E-state index in [4.69, 9.17) is 0 Å². The first kappa shape index (κ1) is 14.7. The monoisotopic (exact) mass is 239 g/mol. The predicted molar refractivity (Wildman–Crippen MR) is 74.2 cm³/mol. The molecule has 0 aliphatic heterocycles. The van der Waals surface area contributed by atoms with Gasteiger partial charge in [-0.2, -0.15) is 0 Å². The highest BCUT2D eigenvalue weighted by molar-refractivity contribution is 4.96. The van der Waals surface area contributed by atoms with E-state index in [9.17, 15) is 5.11 Å². The van der Waals surface area contributed by atoms with Crippen LogP contribution in [0.25, 0.3) is 0 Å². The van der Waals surface area contributed by atoms with Crippen LogP contribution in [0.15, 0.2) is 12.7 Å². The second-order valence-electron chi connectivity index (χ2n) is 5.65. The molecule has 1 rings (SSSR count). The number of hydrogen-bond donors (Lipinski definition) is 1. The van der Waals surface area contributed by atoms with E-state index in [2.05, 4.69) is 25.6 Å². The zero-order chi connectivity index (χ0) is 12.7. The molecule has 0 saturated heterocycles. The predicted octanol–water partition coefficient (Wildman–Crippen LogP) is 3.36. The molecule has 2 nitrogen and oxygen atoms in total. The van der Waals surface area contributed by atoms with Crippen LogP contribution in [-0.2, 0) is 0 Å². The summed E-state index contributed by atoms with van der Waals surface area (Å²) in [5.74, 6) is 0. The Balaban J connectivity index is 2.64. The third kappa shape index (κ3) is 3.82. The van der Waals surface area contributed by atoms with E-state index in [0.29, 0.717) is 0 Å². The van der Waals surface area contributed by atoms with Crippen molar-refractivity contribution in [2.75, 3.05) is 14.1 Å². The van der Waals surface area contributed by atoms with Crippen LogP contribution in [0.2, 0.25) is 0 Å². The fraction of sp³-hybridized carbons (Fsp3) is 0.867. The Bertz CT molecular complexity index is 217. The second-order valence-corrected chi connectivity index (χ2v) is 5.65. The number of allylic oxidation sites excluding steroid dienone is 1. The van der Waals surface area contributed by atoms with Crippen LogP contribution in [0.4, 0.5) is 0 Å². The Morgan fingerprint density at radius 3 is 2.29 bits per heavy atom. The third-order valence-electron chi connectivity index (χ3n) is 4.37. The van der Waals surface area contributed by atoms with E-state index >= 15 is 0 Å². The number of unbranched alkanes of at least 4 members (excludes halogenated alkanes) is 1. The van der Waals surface area contributed by atoms with Crippen molar-refractivity contribution in [2.24, 2.45) is 0 Å². The summed E-state index contributed by atoms with van der Waals surface area (Å²) in [6.07, 6.45) is 12.2. The molecule has 1 saturated carbocycles. The van der Waals surface area contributed by atoms with Crippen LogP contribution >= 0.6 is 0 Å². The van der Waals surface area contributed by atoms with E-state index in [-0.39, 0.29) is 11.6 Å². The van der Waals surface area contributed by atoms with Crippen molar-refractivity contribution in [3.05, 3.63) is 12.7 Å². The number of nitrogens with zero attached hydrogens (tertiary/aromatic N) is 1. The van der Waals surface area contributed by atoms with E-state index in [0.717, 1.165) is 32.1 Å². The molecule has 0 spiro atoms. The lowest BCUT2D eigenvalue weighted by atomic mass is 9.81. The summed E-state index contributed by atoms with van der Waals surface area (Å²) in [6.45, 7) is 3.75. The molecule has 1 aliphatic carbocycles. The second kappa shape index (κ2) is 7.17. The van der Waals surface area contributed by atoms with Gasteiger partial charge in [0.2, 0.25) is 0 Å². The Labute approximate surface area is 107 Å². The fourth-order valence-electron chi connectivity index (χ4n) is 3.14. The standard InChI is InChI=1S/C15H29NO/c1-4-5-8-11-14(17)15(16(2)3)12-9-6-7-10-13-15/h4,14,17H,1,5-13H2,2-3H3. The van der Waals surface area contributed by atoms with E-state index < -0.39 is 0 Å². The Morgan fingerprint density at radius 2 is 1.82 bits per heavy atom. The molecule has 1 aliphatic rings. The normalized spacial score (nSPS) is 22.1. The van der Waals surface area contributed by atoms with E-state index in [1.165, 1.54) is 25.7 Å². The molecule has 0 heterocycles. The largest absolute Gasteiger partial charge is 0.391 e. The summed E-state index contributed by atoms with van der Waals surface area (Å²) < 4.78 is 0. The van der Waals surface area contributed by atoms with Crippen molar-refractivity contribution in [1.29, 1.82) is 0 Å². The molecule has 1 atom stereocenters. The average molecular weight is 239 g/mol. The van der Waals surface area contributed by atoms with E-state index in [1.54, 1.807) is 0 Å². The Hall–Kier alpha value is -0.340. The van der Waals surface area contributed by atoms with Crippen molar-refractivity contribution < 1.29 is 5.11 Å². The highest BCUT2D eigenvalue weighted by Gasteiger charge is 2.39. The summed E-state index contributed by atoms with van der Waals surface area (Å²) >= 11 is 0. The van der Waals surface area contributed by atoms with Gasteiger partial charge in [-0.15, -0.1) is 6.58 Å². The first-order chi connectivity index (χ1) is 8.13. The molecule has 0 aromatic heterocycles. The quantitative estimate of drug-likeness (QED) is 0.436. The van der Waals surface area contributed by atoms with Crippen molar-refractivity contribution in [2.45, 2.75) is 69.4 Å². The number of aliphatic hydroxyl groups is 1. The first-order valence-electron chi connectivity index (χ1n) is 7.10. The van der Waals surface area contributed by atoms with Crippen LogP contribution in [0.1, 0.15) is 57.8 Å². The molecule has 0 bridgehead atoms. The van der Waals surface area contributed by atoms with Gasteiger partial charge in [-0.25, -0.2) is 0 Å². The maximum Gasteiger partial charge on any atom is 0.0723 e. The van der Waals surface area contributed by atoms with Gasteiger partial charge in [-0.3, -0.25) is 0 Å². The van der Waals surface area contributed by atoms with Crippen LogP contribution in [0.5, 0.6) is 0 Å². The maximum absolute atomic E-state index is 10.6. The summed E-state index contributed by atoms with van der Waals surface area (Å²) in [5.41, 5.74) is 0.0255. The highest BCUT2D eigenvalue weighted by atomic mass is 16.3. The van der Waals surface area contributed by atoms with Crippen LogP contribution in [0, 0.1) is 0 Å². The minimum atomic E-state index is -0.185. The van der Waals surface area contributed by atoms with Crippen LogP contribution < -0.4 is 0 Å². The lowest BCUT2D eigenvalue weighted by molar-refractivity contribution is -0.0231. The van der Waals surface area contributed by atoms with Crippen LogP contribution in [-0.4, -0.2) is 35.7 Å². The molecular weight excluding hydrogens is 210 g/mol. The van der Waals surface area contributed by atoms with Gasteiger partial charge in [-0.1, -0.05) is 31.8 Å². The van der Waals surface area contributed by atoms with Crippen molar-refractivity contribution in [3.63, 3.8) is 0 Å². The van der Waals surface area contributed by atoms with Gasteiger partial charge in [0.15, 0.2) is 0 Å².